The van der Waals surface area contributed by atoms with Crippen LogP contribution < -0.4 is 0 Å². The second-order valence-electron chi connectivity index (χ2n) is 8.36. The molecule has 3 saturated heterocycles. The first-order valence-electron chi connectivity index (χ1n) is 10.4. The van der Waals surface area contributed by atoms with Crippen LogP contribution in [0.2, 0.25) is 0 Å². The first kappa shape index (κ1) is 27.0. The van der Waals surface area contributed by atoms with Crippen molar-refractivity contribution in [2.45, 2.75) is 99.0 Å². The Labute approximate surface area is 187 Å². The molecule has 0 aliphatic carbocycles. The summed E-state index contributed by atoms with van der Waals surface area (Å²) in [6.45, 7) is 0.203. The third-order valence-corrected chi connectivity index (χ3v) is 6.04. The van der Waals surface area contributed by atoms with Gasteiger partial charge >= 0.3 is 0 Å². The summed E-state index contributed by atoms with van der Waals surface area (Å²) in [7, 11) is 0. The van der Waals surface area contributed by atoms with Crippen LogP contribution in [-0.2, 0) is 23.7 Å². The minimum atomic E-state index is -1.88. The van der Waals surface area contributed by atoms with Gasteiger partial charge in [-0.3, -0.25) is 0 Å². The average molecular weight is 488 g/mol. The van der Waals surface area contributed by atoms with E-state index in [9.17, 15) is 51.1 Å². The van der Waals surface area contributed by atoms with E-state index in [4.69, 9.17) is 23.7 Å². The Bertz CT molecular complexity index is 624. The molecule has 194 valence electrons. The molecule has 10 N–H and O–H groups in total. The maximum absolute atomic E-state index is 10.4. The molecule has 1 unspecified atom stereocenters. The van der Waals surface area contributed by atoms with Crippen molar-refractivity contribution in [3.63, 3.8) is 0 Å². The van der Waals surface area contributed by atoms with Crippen LogP contribution in [0.25, 0.3) is 0 Å². The van der Waals surface area contributed by atoms with Crippen molar-refractivity contribution in [1.82, 2.24) is 0 Å². The summed E-state index contributed by atoms with van der Waals surface area (Å²) < 4.78 is 26.2. The normalized spacial score (nSPS) is 53.7. The van der Waals surface area contributed by atoms with E-state index in [-0.39, 0.29) is 0 Å². The zero-order chi connectivity index (χ0) is 24.6. The predicted octanol–water partition coefficient (Wildman–Crippen LogP) is -6.55. The van der Waals surface area contributed by atoms with Gasteiger partial charge in [0.15, 0.2) is 18.9 Å². The van der Waals surface area contributed by atoms with Crippen LogP contribution in [0.3, 0.4) is 0 Å². The van der Waals surface area contributed by atoms with Crippen molar-refractivity contribution < 1.29 is 74.7 Å². The Kier molecular flexibility index (Phi) is 8.99. The zero-order valence-corrected chi connectivity index (χ0v) is 17.6. The molecule has 15 atom stereocenters. The molecule has 0 bridgehead atoms. The van der Waals surface area contributed by atoms with Gasteiger partial charge in [0, 0.05) is 0 Å². The molecule has 3 aliphatic rings. The van der Waals surface area contributed by atoms with Crippen LogP contribution in [0.5, 0.6) is 0 Å². The van der Waals surface area contributed by atoms with Gasteiger partial charge in [0.2, 0.25) is 0 Å². The van der Waals surface area contributed by atoms with Crippen molar-refractivity contribution in [3.05, 3.63) is 0 Å². The number of hydrogen-bond acceptors (Lipinski definition) is 15. The van der Waals surface area contributed by atoms with Crippen LogP contribution in [0, 0.1) is 0 Å². The molecule has 3 fully saturated rings. The van der Waals surface area contributed by atoms with Gasteiger partial charge in [0.25, 0.3) is 0 Å². The highest BCUT2D eigenvalue weighted by molar-refractivity contribution is 4.94. The minimum Gasteiger partial charge on any atom is -0.394 e. The van der Waals surface area contributed by atoms with Gasteiger partial charge in [-0.25, -0.2) is 0 Å². The van der Waals surface area contributed by atoms with Gasteiger partial charge in [-0.15, -0.1) is 0 Å². The fourth-order valence-corrected chi connectivity index (χ4v) is 3.88. The molecular formula is C18H32O15. The van der Waals surface area contributed by atoms with Crippen molar-refractivity contribution in [1.29, 1.82) is 0 Å². The number of aliphatic hydroxyl groups is 10. The summed E-state index contributed by atoms with van der Waals surface area (Å²) >= 11 is 0. The molecule has 3 rings (SSSR count). The summed E-state index contributed by atoms with van der Waals surface area (Å²) in [4.78, 5) is 0. The Morgan fingerprint density at radius 1 is 0.606 bits per heavy atom. The van der Waals surface area contributed by atoms with Crippen LogP contribution >= 0.6 is 0 Å². The topological polar surface area (TPSA) is 248 Å². The quantitative estimate of drug-likeness (QED) is 0.167. The summed E-state index contributed by atoms with van der Waals surface area (Å²) in [5, 5.41) is 99.5. The van der Waals surface area contributed by atoms with Gasteiger partial charge in [-0.2, -0.15) is 0 Å². The third kappa shape index (κ3) is 5.48. The number of ether oxygens (including phenoxy) is 5. The van der Waals surface area contributed by atoms with Crippen molar-refractivity contribution >= 4 is 0 Å². The Morgan fingerprint density at radius 3 is 1.82 bits per heavy atom. The van der Waals surface area contributed by atoms with E-state index in [0.717, 1.165) is 0 Å². The lowest BCUT2D eigenvalue weighted by Gasteiger charge is -2.45. The van der Waals surface area contributed by atoms with Crippen molar-refractivity contribution in [3.8, 4) is 0 Å². The summed E-state index contributed by atoms with van der Waals surface area (Å²) in [6, 6.07) is 0. The monoisotopic (exact) mass is 488 g/mol. The molecule has 0 aromatic rings. The number of rotatable bonds is 6. The van der Waals surface area contributed by atoms with Gasteiger partial charge < -0.3 is 74.7 Å². The van der Waals surface area contributed by atoms with Gasteiger partial charge in [0.05, 0.1) is 19.3 Å². The SMILES string of the molecule is C[C@@H]1O[C@@H](OC[C@H]2OC(O)[C@H](O[C@@H]3O[C@H](CO)[C@@H](O)[C@H](O)[C@H]3O)[C@@H](O)[C@@H]2O)[C@H](O)[C@H](O)[C@H]1O. The highest BCUT2D eigenvalue weighted by Crippen LogP contribution is 2.29. The average Bonchev–Trinajstić information content (AvgIpc) is 2.79. The van der Waals surface area contributed by atoms with E-state index in [1.165, 1.54) is 6.92 Å². The van der Waals surface area contributed by atoms with E-state index in [0.29, 0.717) is 0 Å². The largest absolute Gasteiger partial charge is 0.394 e. The molecule has 0 aromatic heterocycles. The highest BCUT2D eigenvalue weighted by atomic mass is 16.7. The minimum absolute atomic E-state index is 0.515. The van der Waals surface area contributed by atoms with Gasteiger partial charge in [0.1, 0.15) is 67.1 Å². The Morgan fingerprint density at radius 2 is 1.18 bits per heavy atom. The van der Waals surface area contributed by atoms with E-state index < -0.39 is 105 Å². The lowest BCUT2D eigenvalue weighted by molar-refractivity contribution is -0.366. The standard InChI is InChI=1S/C18H32O15/c1-4-7(20)10(23)13(26)17(30-4)29-3-6-9(22)12(25)15(16(28)31-6)33-18-14(27)11(24)8(21)5(2-19)32-18/h4-28H,2-3H2,1H3/t4-,5+,6+,7-,8+,9+,10+,11-,12-,13+,14+,15+,16?,17+,18-/m0/s1. The molecule has 0 spiro atoms. The molecule has 3 heterocycles. The van der Waals surface area contributed by atoms with Crippen molar-refractivity contribution in [2.75, 3.05) is 13.2 Å². The lowest BCUT2D eigenvalue weighted by atomic mass is 9.97. The molecule has 0 radical (unpaired) electrons. The molecule has 0 saturated carbocycles. The molecule has 0 aromatic carbocycles. The van der Waals surface area contributed by atoms with E-state index in [2.05, 4.69) is 0 Å². The van der Waals surface area contributed by atoms with Crippen LogP contribution in [0.15, 0.2) is 0 Å². The number of hydrogen-bond donors (Lipinski definition) is 10. The summed E-state index contributed by atoms with van der Waals surface area (Å²) in [5.74, 6) is 0. The van der Waals surface area contributed by atoms with E-state index in [1.54, 1.807) is 0 Å². The molecule has 0 amide bonds. The first-order chi connectivity index (χ1) is 15.5. The summed E-state index contributed by atoms with van der Waals surface area (Å²) in [5.41, 5.74) is 0. The molecule has 3 aliphatic heterocycles. The van der Waals surface area contributed by atoms with Crippen molar-refractivity contribution in [2.24, 2.45) is 0 Å². The van der Waals surface area contributed by atoms with E-state index >= 15 is 0 Å². The predicted molar refractivity (Wildman–Crippen MR) is 99.8 cm³/mol. The Hall–Kier alpha value is -0.600. The molecule has 15 heteroatoms. The fraction of sp³-hybridized carbons (Fsp3) is 1.00. The Balaban J connectivity index is 1.59. The smallest absolute Gasteiger partial charge is 0.187 e. The maximum atomic E-state index is 10.4. The van der Waals surface area contributed by atoms with Crippen LogP contribution in [0.1, 0.15) is 6.92 Å². The van der Waals surface area contributed by atoms with Gasteiger partial charge in [-0.1, -0.05) is 0 Å². The molecule has 33 heavy (non-hydrogen) atoms. The zero-order valence-electron chi connectivity index (χ0n) is 17.6. The molecule has 15 nitrogen and oxygen atoms in total. The van der Waals surface area contributed by atoms with E-state index in [1.807, 2.05) is 0 Å². The first-order valence-corrected chi connectivity index (χ1v) is 10.4. The molecular weight excluding hydrogens is 456 g/mol. The second-order valence-corrected chi connectivity index (χ2v) is 8.36. The second kappa shape index (κ2) is 11.0. The lowest BCUT2D eigenvalue weighted by Crippen LogP contribution is -2.64. The fourth-order valence-electron chi connectivity index (χ4n) is 3.88. The highest BCUT2D eigenvalue weighted by Gasteiger charge is 2.51. The summed E-state index contributed by atoms with van der Waals surface area (Å²) in [6.07, 6.45) is -23.4. The van der Waals surface area contributed by atoms with Gasteiger partial charge in [-0.05, 0) is 6.92 Å². The van der Waals surface area contributed by atoms with Crippen LogP contribution in [0.4, 0.5) is 0 Å². The third-order valence-electron chi connectivity index (χ3n) is 6.04. The number of aliphatic hydroxyl groups excluding tert-OH is 10. The maximum Gasteiger partial charge on any atom is 0.187 e. The van der Waals surface area contributed by atoms with Crippen LogP contribution in [-0.4, -0.2) is 156 Å².